The molecule has 0 aliphatic carbocycles. The Hall–Kier alpha value is -4.11. The Morgan fingerprint density at radius 3 is 2.57 bits per heavy atom. The summed E-state index contributed by atoms with van der Waals surface area (Å²) in [5, 5.41) is 11.4. The fourth-order valence-electron chi connectivity index (χ4n) is 3.96. The molecule has 1 amide bonds. The number of rotatable bonds is 6. The van der Waals surface area contributed by atoms with Crippen LogP contribution in [0, 0.1) is 5.82 Å². The van der Waals surface area contributed by atoms with Gasteiger partial charge in [0.25, 0.3) is 5.78 Å². The smallest absolute Gasteiger partial charge is 0.301 e. The third-order valence-corrected chi connectivity index (χ3v) is 6.63. The maximum Gasteiger partial charge on any atom is 0.301 e. The van der Waals surface area contributed by atoms with Crippen LogP contribution >= 0.6 is 11.3 Å². The summed E-state index contributed by atoms with van der Waals surface area (Å²) in [5.74, 6) is -1.75. The molecular weight excluding hydrogens is 469 g/mol. The number of carbonyl (C=O) groups is 2. The van der Waals surface area contributed by atoms with Gasteiger partial charge in [-0.2, -0.15) is 0 Å². The van der Waals surface area contributed by atoms with Crippen molar-refractivity contribution in [2.45, 2.75) is 19.4 Å². The van der Waals surface area contributed by atoms with E-state index in [-0.39, 0.29) is 16.5 Å². The van der Waals surface area contributed by atoms with Gasteiger partial charge in [0, 0.05) is 18.0 Å². The topological polar surface area (TPSA) is 92.6 Å². The highest BCUT2D eigenvalue weighted by molar-refractivity contribution is 7.22. The van der Waals surface area contributed by atoms with Crippen molar-refractivity contribution in [1.29, 1.82) is 0 Å². The van der Waals surface area contributed by atoms with Gasteiger partial charge in [0.2, 0.25) is 0 Å². The van der Waals surface area contributed by atoms with Crippen LogP contribution in [-0.4, -0.2) is 33.4 Å². The van der Waals surface area contributed by atoms with Crippen LogP contribution in [-0.2, 0) is 9.59 Å². The van der Waals surface area contributed by atoms with Crippen molar-refractivity contribution in [1.82, 2.24) is 9.97 Å². The Bertz CT molecular complexity index is 1450. The molecule has 4 aromatic rings. The number of aliphatic hydroxyl groups is 1. The van der Waals surface area contributed by atoms with Gasteiger partial charge in [-0.05, 0) is 66.6 Å². The van der Waals surface area contributed by atoms with Crippen molar-refractivity contribution in [2.24, 2.45) is 0 Å². The van der Waals surface area contributed by atoms with Gasteiger partial charge in [-0.3, -0.25) is 19.5 Å². The fraction of sp³-hybridized carbons (Fsp3) is 0.154. The first-order valence-electron chi connectivity index (χ1n) is 11.0. The first-order chi connectivity index (χ1) is 17.0. The average Bonchev–Trinajstić information content (AvgIpc) is 3.40. The molecule has 1 aliphatic heterocycles. The van der Waals surface area contributed by atoms with Gasteiger partial charge in [0.1, 0.15) is 17.3 Å². The fourth-order valence-corrected chi connectivity index (χ4v) is 4.98. The highest BCUT2D eigenvalue weighted by atomic mass is 32.1. The third kappa shape index (κ3) is 4.15. The lowest BCUT2D eigenvalue weighted by Crippen LogP contribution is -2.29. The van der Waals surface area contributed by atoms with E-state index in [0.717, 1.165) is 17.8 Å². The molecule has 35 heavy (non-hydrogen) atoms. The molecule has 1 unspecified atom stereocenters. The Labute approximate surface area is 204 Å². The number of anilines is 1. The van der Waals surface area contributed by atoms with E-state index >= 15 is 0 Å². The Morgan fingerprint density at radius 2 is 1.86 bits per heavy atom. The first kappa shape index (κ1) is 22.7. The summed E-state index contributed by atoms with van der Waals surface area (Å²) in [5.41, 5.74) is 1.39. The maximum absolute atomic E-state index is 13.7. The number of Topliss-reactive ketones (excluding diaryl/α,β-unsaturated/α-hetero) is 1. The van der Waals surface area contributed by atoms with E-state index in [0.29, 0.717) is 33.7 Å². The highest BCUT2D eigenvalue weighted by Crippen LogP contribution is 2.44. The zero-order chi connectivity index (χ0) is 24.5. The van der Waals surface area contributed by atoms with Gasteiger partial charge >= 0.3 is 5.91 Å². The molecule has 1 aliphatic rings. The van der Waals surface area contributed by atoms with E-state index in [4.69, 9.17) is 4.74 Å². The van der Waals surface area contributed by atoms with Crippen molar-refractivity contribution in [3.8, 4) is 5.75 Å². The minimum atomic E-state index is -0.931. The van der Waals surface area contributed by atoms with Crippen LogP contribution in [0.1, 0.15) is 30.5 Å². The molecule has 2 aromatic carbocycles. The number of benzene rings is 2. The summed E-state index contributed by atoms with van der Waals surface area (Å²) in [6.45, 7) is 2.56. The molecule has 9 heteroatoms. The van der Waals surface area contributed by atoms with Gasteiger partial charge in [-0.1, -0.05) is 18.3 Å². The molecule has 1 fully saturated rings. The zero-order valence-corrected chi connectivity index (χ0v) is 19.5. The Kier molecular flexibility index (Phi) is 6.00. The second kappa shape index (κ2) is 9.27. The molecular formula is C26H20FN3O4S. The second-order valence-corrected chi connectivity index (χ2v) is 8.94. The van der Waals surface area contributed by atoms with Crippen LogP contribution in [0.2, 0.25) is 0 Å². The number of hydrogen-bond donors (Lipinski definition) is 1. The highest BCUT2D eigenvalue weighted by Gasteiger charge is 2.48. The quantitative estimate of drug-likeness (QED) is 0.226. The molecule has 176 valence electrons. The number of nitrogens with zero attached hydrogens (tertiary/aromatic N) is 3. The molecule has 1 atom stereocenters. The van der Waals surface area contributed by atoms with Crippen LogP contribution in [0.15, 0.2) is 72.6 Å². The third-order valence-electron chi connectivity index (χ3n) is 5.61. The molecule has 3 heterocycles. The number of ketones is 1. The molecule has 2 aromatic heterocycles. The minimum absolute atomic E-state index is 0.0612. The lowest BCUT2D eigenvalue weighted by atomic mass is 9.96. The zero-order valence-electron chi connectivity index (χ0n) is 18.6. The number of hydrogen-bond acceptors (Lipinski definition) is 7. The van der Waals surface area contributed by atoms with Crippen LogP contribution < -0.4 is 9.64 Å². The van der Waals surface area contributed by atoms with E-state index < -0.39 is 23.5 Å². The number of aliphatic hydroxyl groups excluding tert-OH is 1. The number of amides is 1. The van der Waals surface area contributed by atoms with Crippen molar-refractivity contribution in [3.05, 3.63) is 89.5 Å². The number of halogens is 1. The summed E-state index contributed by atoms with van der Waals surface area (Å²) < 4.78 is 19.9. The predicted octanol–water partition coefficient (Wildman–Crippen LogP) is 5.25. The summed E-state index contributed by atoms with van der Waals surface area (Å²) in [6.07, 6.45) is 3.95. The first-order valence-corrected chi connectivity index (χ1v) is 11.8. The predicted molar refractivity (Wildman–Crippen MR) is 131 cm³/mol. The lowest BCUT2D eigenvalue weighted by molar-refractivity contribution is -0.132. The van der Waals surface area contributed by atoms with Crippen LogP contribution in [0.5, 0.6) is 5.75 Å². The van der Waals surface area contributed by atoms with Crippen molar-refractivity contribution >= 4 is 44.1 Å². The molecule has 7 nitrogen and oxygen atoms in total. The Balaban J connectivity index is 1.64. The number of thiazole rings is 1. The van der Waals surface area contributed by atoms with Gasteiger partial charge in [0.15, 0.2) is 5.13 Å². The SMILES string of the molecule is CCCOc1ccc(C(O)=C2C(=O)C(=O)N(c3nc4ccc(F)cc4s3)C2c2ccncc2)cc1. The van der Waals surface area contributed by atoms with Gasteiger partial charge in [-0.25, -0.2) is 9.37 Å². The normalized spacial score (nSPS) is 17.3. The van der Waals surface area contributed by atoms with Crippen LogP contribution in [0.25, 0.3) is 16.0 Å². The minimum Gasteiger partial charge on any atom is -0.507 e. The average molecular weight is 490 g/mol. The number of fused-ring (bicyclic) bond motifs is 1. The molecule has 0 bridgehead atoms. The van der Waals surface area contributed by atoms with Crippen molar-refractivity contribution in [3.63, 3.8) is 0 Å². The number of pyridine rings is 1. The number of aromatic nitrogens is 2. The number of ether oxygens (including phenoxy) is 1. The van der Waals surface area contributed by atoms with E-state index in [1.807, 2.05) is 6.92 Å². The van der Waals surface area contributed by atoms with Crippen molar-refractivity contribution < 1.29 is 23.8 Å². The molecule has 0 saturated carbocycles. The van der Waals surface area contributed by atoms with E-state index in [2.05, 4.69) is 9.97 Å². The van der Waals surface area contributed by atoms with E-state index in [1.165, 1.54) is 23.1 Å². The van der Waals surface area contributed by atoms with E-state index in [9.17, 15) is 19.1 Å². The Morgan fingerprint density at radius 1 is 1.11 bits per heavy atom. The van der Waals surface area contributed by atoms with Gasteiger partial charge in [-0.15, -0.1) is 0 Å². The number of carbonyl (C=O) groups excluding carboxylic acids is 2. The summed E-state index contributed by atoms with van der Waals surface area (Å²) in [7, 11) is 0. The van der Waals surface area contributed by atoms with Crippen LogP contribution in [0.3, 0.4) is 0 Å². The molecule has 0 spiro atoms. The summed E-state index contributed by atoms with van der Waals surface area (Å²) in [4.78, 5) is 36.2. The summed E-state index contributed by atoms with van der Waals surface area (Å²) in [6, 6.07) is 13.2. The van der Waals surface area contributed by atoms with Crippen LogP contribution in [0.4, 0.5) is 9.52 Å². The second-order valence-electron chi connectivity index (χ2n) is 7.93. The van der Waals surface area contributed by atoms with E-state index in [1.54, 1.807) is 48.8 Å². The van der Waals surface area contributed by atoms with Gasteiger partial charge in [0.05, 0.1) is 28.4 Å². The monoisotopic (exact) mass is 489 g/mol. The van der Waals surface area contributed by atoms with Gasteiger partial charge < -0.3 is 9.84 Å². The maximum atomic E-state index is 13.7. The standard InChI is InChI=1S/C26H20FN3O4S/c1-2-13-34-18-6-3-16(4-7-18)23(31)21-22(15-9-11-28-12-10-15)30(25(33)24(21)32)26-29-19-8-5-17(27)14-20(19)35-26/h3-12,14,22,31H,2,13H2,1H3. The lowest BCUT2D eigenvalue weighted by Gasteiger charge is -2.22. The van der Waals surface area contributed by atoms with Crippen molar-refractivity contribution in [2.75, 3.05) is 11.5 Å². The summed E-state index contributed by atoms with van der Waals surface area (Å²) >= 11 is 1.10. The largest absolute Gasteiger partial charge is 0.507 e. The molecule has 1 saturated heterocycles. The molecule has 5 rings (SSSR count). The molecule has 1 N–H and O–H groups in total. The molecule has 0 radical (unpaired) electrons.